The molecule has 0 spiro atoms. The Morgan fingerprint density at radius 2 is 0.786 bits per heavy atom. The molecule has 0 aromatic heterocycles. The highest BCUT2D eigenvalue weighted by molar-refractivity contribution is 8.00. The first kappa shape index (κ1) is 27.4. The highest BCUT2D eigenvalue weighted by Gasteiger charge is 2.27. The average molecular weight is 581 g/mol. The van der Waals surface area contributed by atoms with Crippen molar-refractivity contribution in [3.63, 3.8) is 0 Å². The highest BCUT2D eigenvalue weighted by Crippen LogP contribution is 2.44. The number of hydrogen-bond acceptors (Lipinski definition) is 2. The van der Waals surface area contributed by atoms with Crippen LogP contribution in [-0.2, 0) is 10.8 Å². The van der Waals surface area contributed by atoms with Gasteiger partial charge in [0.2, 0.25) is 0 Å². The standard InChI is InChI=1S/C40H36S2/c1-39(2,3)27-17-19-33-29(21-27)37(25-13-9-7-10-14-25)31-23-36-32(24-35(31)41-33)38(26-15-11-8-12-16-26)30-22-28(40(4,5)6)18-20-34(30)42-36/h7-24H,1-6H3. The summed E-state index contributed by atoms with van der Waals surface area (Å²) < 4.78 is 0. The summed E-state index contributed by atoms with van der Waals surface area (Å²) in [7, 11) is 0. The van der Waals surface area contributed by atoms with Gasteiger partial charge in [0.05, 0.1) is 0 Å². The second-order valence-corrected chi connectivity index (χ2v) is 15.6. The number of fused-ring (bicyclic) bond motifs is 4. The largest absolute Gasteiger partial charge is 0.0888 e. The smallest absolute Gasteiger partial charge is 0.0208 e. The summed E-state index contributed by atoms with van der Waals surface area (Å²) in [5.41, 5.74) is 10.8. The Labute approximate surface area is 258 Å². The van der Waals surface area contributed by atoms with Gasteiger partial charge in [0, 0.05) is 19.6 Å². The first-order valence-corrected chi connectivity index (χ1v) is 16.4. The van der Waals surface area contributed by atoms with Gasteiger partial charge in [0.25, 0.3) is 0 Å². The van der Waals surface area contributed by atoms with Crippen molar-refractivity contribution < 1.29 is 0 Å². The van der Waals surface area contributed by atoms with Gasteiger partial charge < -0.3 is 0 Å². The predicted molar refractivity (Wildman–Crippen MR) is 180 cm³/mol. The molecule has 2 aliphatic heterocycles. The molecule has 0 amide bonds. The van der Waals surface area contributed by atoms with Crippen LogP contribution in [0.3, 0.4) is 0 Å². The van der Waals surface area contributed by atoms with Gasteiger partial charge in [-0.15, -0.1) is 0 Å². The number of rotatable bonds is 2. The molecular formula is C40H36S2. The molecule has 0 aliphatic carbocycles. The fraction of sp³-hybridized carbons (Fsp3) is 0.200. The lowest BCUT2D eigenvalue weighted by Gasteiger charge is -2.27. The molecule has 0 unspecified atom stereocenters. The van der Waals surface area contributed by atoms with Crippen LogP contribution in [0.4, 0.5) is 0 Å². The van der Waals surface area contributed by atoms with Crippen LogP contribution in [0.25, 0.3) is 11.1 Å². The minimum absolute atomic E-state index is 0.0860. The Kier molecular flexibility index (Phi) is 6.57. The van der Waals surface area contributed by atoms with Gasteiger partial charge in [-0.2, -0.15) is 0 Å². The van der Waals surface area contributed by atoms with E-state index in [9.17, 15) is 0 Å². The normalized spacial score (nSPS) is 14.1. The van der Waals surface area contributed by atoms with E-state index < -0.39 is 0 Å². The Morgan fingerprint density at radius 3 is 1.14 bits per heavy atom. The molecule has 2 aliphatic rings. The molecule has 0 bridgehead atoms. The molecule has 2 heteroatoms. The maximum absolute atomic E-state index is 2.47. The third-order valence-electron chi connectivity index (χ3n) is 8.42. The van der Waals surface area contributed by atoms with Gasteiger partial charge in [-0.05, 0) is 102 Å². The van der Waals surface area contributed by atoms with E-state index in [4.69, 9.17) is 0 Å². The van der Waals surface area contributed by atoms with E-state index in [0.717, 1.165) is 0 Å². The topological polar surface area (TPSA) is 0 Å². The van der Waals surface area contributed by atoms with Gasteiger partial charge in [0.1, 0.15) is 0 Å². The third-order valence-corrected chi connectivity index (χ3v) is 10.7. The van der Waals surface area contributed by atoms with Crippen LogP contribution in [-0.4, -0.2) is 0 Å². The summed E-state index contributed by atoms with van der Waals surface area (Å²) in [6.07, 6.45) is 0. The first-order chi connectivity index (χ1) is 20.1. The SMILES string of the molecule is CC(C)(C)c1ccc2c(c1)C(c1ccccc1)=c1cc3c(cc1S2)=C(c1ccccc1)c1cc(C(C)(C)C)ccc1S3. The van der Waals surface area contributed by atoms with Gasteiger partial charge in [-0.25, -0.2) is 0 Å². The summed E-state index contributed by atoms with van der Waals surface area (Å²) in [5, 5.41) is 2.66. The van der Waals surface area contributed by atoms with Gasteiger partial charge in [-0.1, -0.05) is 138 Å². The number of benzene rings is 5. The minimum Gasteiger partial charge on any atom is -0.0888 e. The van der Waals surface area contributed by atoms with E-state index in [1.165, 1.54) is 74.5 Å². The fourth-order valence-electron chi connectivity index (χ4n) is 6.04. The van der Waals surface area contributed by atoms with Crippen LogP contribution >= 0.6 is 23.5 Å². The molecule has 208 valence electrons. The van der Waals surface area contributed by atoms with Crippen molar-refractivity contribution in [3.8, 4) is 0 Å². The van der Waals surface area contributed by atoms with Crippen molar-refractivity contribution >= 4 is 34.7 Å². The van der Waals surface area contributed by atoms with E-state index in [0.29, 0.717) is 0 Å². The minimum atomic E-state index is 0.0860. The predicted octanol–water partition coefficient (Wildman–Crippen LogP) is 9.71. The summed E-state index contributed by atoms with van der Waals surface area (Å²) in [4.78, 5) is 5.31. The molecule has 0 N–H and O–H groups in total. The van der Waals surface area contributed by atoms with E-state index in [1.54, 1.807) is 0 Å². The lowest BCUT2D eigenvalue weighted by Crippen LogP contribution is -2.25. The highest BCUT2D eigenvalue weighted by atomic mass is 32.2. The van der Waals surface area contributed by atoms with Crippen LogP contribution in [0.2, 0.25) is 0 Å². The van der Waals surface area contributed by atoms with Crippen LogP contribution in [0.1, 0.15) is 74.9 Å². The monoisotopic (exact) mass is 580 g/mol. The van der Waals surface area contributed by atoms with Crippen molar-refractivity contribution in [2.75, 3.05) is 0 Å². The molecular weight excluding hydrogens is 545 g/mol. The molecule has 0 radical (unpaired) electrons. The van der Waals surface area contributed by atoms with Crippen molar-refractivity contribution in [1.82, 2.24) is 0 Å². The Balaban J connectivity index is 1.58. The molecule has 0 saturated carbocycles. The molecule has 2 heterocycles. The maximum atomic E-state index is 2.47. The molecule has 5 aromatic rings. The average Bonchev–Trinajstić information content (AvgIpc) is 2.97. The van der Waals surface area contributed by atoms with Crippen LogP contribution in [0.15, 0.2) is 129 Å². The summed E-state index contributed by atoms with van der Waals surface area (Å²) in [5.74, 6) is 0. The second kappa shape index (κ2) is 10.1. The third kappa shape index (κ3) is 4.75. The number of hydrogen-bond donors (Lipinski definition) is 0. The molecule has 0 fully saturated rings. The van der Waals surface area contributed by atoms with Gasteiger partial charge in [-0.3, -0.25) is 0 Å². The summed E-state index contributed by atoms with van der Waals surface area (Å²) >= 11 is 3.83. The lowest BCUT2D eigenvalue weighted by atomic mass is 9.83. The van der Waals surface area contributed by atoms with Crippen LogP contribution in [0.5, 0.6) is 0 Å². The molecule has 0 nitrogen and oxygen atoms in total. The zero-order valence-electron chi connectivity index (χ0n) is 25.2. The van der Waals surface area contributed by atoms with Crippen LogP contribution < -0.4 is 10.4 Å². The maximum Gasteiger partial charge on any atom is 0.0208 e. The lowest BCUT2D eigenvalue weighted by molar-refractivity contribution is 0.589. The first-order valence-electron chi connectivity index (χ1n) is 14.8. The zero-order chi connectivity index (χ0) is 29.2. The van der Waals surface area contributed by atoms with E-state index in [-0.39, 0.29) is 10.8 Å². The molecule has 0 atom stereocenters. The van der Waals surface area contributed by atoms with Crippen molar-refractivity contribution in [1.29, 1.82) is 0 Å². The zero-order valence-corrected chi connectivity index (χ0v) is 26.8. The van der Waals surface area contributed by atoms with Crippen molar-refractivity contribution in [2.45, 2.75) is 72.0 Å². The Bertz CT molecular complexity index is 1820. The van der Waals surface area contributed by atoms with Gasteiger partial charge >= 0.3 is 0 Å². The van der Waals surface area contributed by atoms with Crippen molar-refractivity contribution in [2.24, 2.45) is 0 Å². The Hall–Kier alpha value is -3.46. The second-order valence-electron chi connectivity index (χ2n) is 13.5. The summed E-state index contributed by atoms with van der Waals surface area (Å²) in [6, 6.07) is 41.1. The van der Waals surface area contributed by atoms with E-state index >= 15 is 0 Å². The molecule has 42 heavy (non-hydrogen) atoms. The molecule has 0 saturated heterocycles. The fourth-order valence-corrected chi connectivity index (χ4v) is 8.22. The molecule has 7 rings (SSSR count). The molecule has 5 aromatic carbocycles. The summed E-state index contributed by atoms with van der Waals surface area (Å²) in [6.45, 7) is 13.8. The van der Waals surface area contributed by atoms with E-state index in [1.807, 2.05) is 23.5 Å². The quantitative estimate of drug-likeness (QED) is 0.200. The van der Waals surface area contributed by atoms with Gasteiger partial charge in [0.15, 0.2) is 0 Å². The van der Waals surface area contributed by atoms with E-state index in [2.05, 4.69) is 151 Å². The Morgan fingerprint density at radius 1 is 0.405 bits per heavy atom. The van der Waals surface area contributed by atoms with Crippen LogP contribution in [0, 0.1) is 0 Å². The van der Waals surface area contributed by atoms with Crippen molar-refractivity contribution in [3.05, 3.63) is 153 Å².